The summed E-state index contributed by atoms with van der Waals surface area (Å²) in [5.41, 5.74) is 1.08. The number of carbonyl (C=O) groups is 1. The highest BCUT2D eigenvalue weighted by atomic mass is 16.5. The van der Waals surface area contributed by atoms with Gasteiger partial charge in [-0.15, -0.1) is 10.2 Å². The van der Waals surface area contributed by atoms with E-state index >= 15 is 0 Å². The lowest BCUT2D eigenvalue weighted by Crippen LogP contribution is -2.10. The lowest BCUT2D eigenvalue weighted by Gasteiger charge is -2.14. The number of benzene rings is 1. The Morgan fingerprint density at radius 3 is 2.70 bits per heavy atom. The van der Waals surface area contributed by atoms with Gasteiger partial charge in [0.25, 0.3) is 0 Å². The zero-order valence-corrected chi connectivity index (χ0v) is 11.2. The van der Waals surface area contributed by atoms with E-state index < -0.39 is 5.97 Å². The van der Waals surface area contributed by atoms with Crippen LogP contribution < -0.4 is 5.32 Å². The van der Waals surface area contributed by atoms with E-state index in [1.807, 2.05) is 13.0 Å². The first-order chi connectivity index (χ1) is 9.60. The molecule has 6 nitrogen and oxygen atoms in total. The van der Waals surface area contributed by atoms with Gasteiger partial charge in [0.1, 0.15) is 11.6 Å². The van der Waals surface area contributed by atoms with Crippen LogP contribution in [0.5, 0.6) is 5.75 Å². The van der Waals surface area contributed by atoms with E-state index in [0.29, 0.717) is 5.82 Å². The molecule has 1 heterocycles. The molecule has 0 amide bonds. The second-order valence-corrected chi connectivity index (χ2v) is 4.26. The predicted octanol–water partition coefficient (Wildman–Crippen LogP) is 2.14. The molecule has 0 unspecified atom stereocenters. The summed E-state index contributed by atoms with van der Waals surface area (Å²) in [6, 6.07) is 10.1. The van der Waals surface area contributed by atoms with Crippen molar-refractivity contribution in [3.8, 4) is 5.75 Å². The first kappa shape index (κ1) is 13.8. The van der Waals surface area contributed by atoms with Gasteiger partial charge in [-0.3, -0.25) is 0 Å². The maximum atomic E-state index is 11.2. The number of nitrogens with one attached hydrogen (secondary N) is 1. The Morgan fingerprint density at radius 1 is 1.30 bits per heavy atom. The van der Waals surface area contributed by atoms with Crippen LogP contribution >= 0.6 is 0 Å². The van der Waals surface area contributed by atoms with Crippen molar-refractivity contribution in [1.82, 2.24) is 10.2 Å². The lowest BCUT2D eigenvalue weighted by atomic mass is 10.1. The molecule has 6 heteroatoms. The van der Waals surface area contributed by atoms with Gasteiger partial charge in [-0.05, 0) is 36.8 Å². The molecule has 104 valence electrons. The van der Waals surface area contributed by atoms with Crippen molar-refractivity contribution < 1.29 is 14.6 Å². The van der Waals surface area contributed by atoms with Crippen LogP contribution in [0.25, 0.3) is 0 Å². The first-order valence-electron chi connectivity index (χ1n) is 6.07. The Morgan fingerprint density at radius 2 is 2.10 bits per heavy atom. The van der Waals surface area contributed by atoms with Crippen molar-refractivity contribution in [3.63, 3.8) is 0 Å². The summed E-state index contributed by atoms with van der Waals surface area (Å²) in [4.78, 5) is 11.2. The summed E-state index contributed by atoms with van der Waals surface area (Å²) in [5, 5.41) is 20.3. The number of phenolic OH excluding ortho intramolecular Hbond substituents is 1. The molecule has 1 aromatic carbocycles. The zero-order chi connectivity index (χ0) is 14.5. The van der Waals surface area contributed by atoms with E-state index in [2.05, 4.69) is 20.3 Å². The summed E-state index contributed by atoms with van der Waals surface area (Å²) in [5.74, 6) is 0.224. The topological polar surface area (TPSA) is 84.3 Å². The smallest absolute Gasteiger partial charge is 0.358 e. The third-order valence-corrected chi connectivity index (χ3v) is 2.79. The van der Waals surface area contributed by atoms with Crippen LogP contribution in [0.15, 0.2) is 36.4 Å². The molecule has 2 N–H and O–H groups in total. The minimum atomic E-state index is -0.523. The van der Waals surface area contributed by atoms with E-state index in [4.69, 9.17) is 0 Å². The molecular formula is C14H15N3O3. The predicted molar refractivity (Wildman–Crippen MR) is 73.5 cm³/mol. The van der Waals surface area contributed by atoms with Gasteiger partial charge in [-0.1, -0.05) is 12.1 Å². The molecule has 0 saturated heterocycles. The van der Waals surface area contributed by atoms with Crippen LogP contribution in [-0.4, -0.2) is 28.4 Å². The number of ether oxygens (including phenoxy) is 1. The zero-order valence-electron chi connectivity index (χ0n) is 11.2. The fourth-order valence-electron chi connectivity index (χ4n) is 1.72. The Balaban J connectivity index is 2.08. The number of methoxy groups -OCH3 is 1. The minimum Gasteiger partial charge on any atom is -0.508 e. The van der Waals surface area contributed by atoms with Crippen LogP contribution in [0, 0.1) is 0 Å². The number of nitrogens with zero attached hydrogens (tertiary/aromatic N) is 2. The van der Waals surface area contributed by atoms with Crippen molar-refractivity contribution in [3.05, 3.63) is 47.7 Å². The van der Waals surface area contributed by atoms with Gasteiger partial charge < -0.3 is 15.2 Å². The summed E-state index contributed by atoms with van der Waals surface area (Å²) < 4.78 is 4.55. The van der Waals surface area contributed by atoms with E-state index in [1.165, 1.54) is 13.2 Å². The molecule has 0 aliphatic rings. The molecule has 0 saturated carbocycles. The second-order valence-electron chi connectivity index (χ2n) is 4.26. The number of hydrogen-bond donors (Lipinski definition) is 2. The molecule has 0 aliphatic carbocycles. The number of rotatable bonds is 4. The molecule has 0 bridgehead atoms. The van der Waals surface area contributed by atoms with Gasteiger partial charge in [-0.25, -0.2) is 4.79 Å². The van der Waals surface area contributed by atoms with Crippen LogP contribution in [0.3, 0.4) is 0 Å². The minimum absolute atomic E-state index is 0.0552. The van der Waals surface area contributed by atoms with Gasteiger partial charge in [0.2, 0.25) is 0 Å². The average molecular weight is 273 g/mol. The first-order valence-corrected chi connectivity index (χ1v) is 6.07. The highest BCUT2D eigenvalue weighted by molar-refractivity contribution is 5.86. The molecule has 0 spiro atoms. The highest BCUT2D eigenvalue weighted by Gasteiger charge is 2.10. The van der Waals surface area contributed by atoms with Crippen LogP contribution in [0.2, 0.25) is 0 Å². The largest absolute Gasteiger partial charge is 0.508 e. The van der Waals surface area contributed by atoms with Crippen molar-refractivity contribution >= 4 is 11.8 Å². The number of esters is 1. The van der Waals surface area contributed by atoms with Crippen molar-refractivity contribution in [2.75, 3.05) is 12.4 Å². The third-order valence-electron chi connectivity index (χ3n) is 2.79. The van der Waals surface area contributed by atoms with Gasteiger partial charge in [0, 0.05) is 0 Å². The quantitative estimate of drug-likeness (QED) is 0.830. The fraction of sp³-hybridized carbons (Fsp3) is 0.214. The van der Waals surface area contributed by atoms with Crippen LogP contribution in [-0.2, 0) is 4.74 Å². The number of aromatic nitrogens is 2. The number of phenols is 1. The maximum absolute atomic E-state index is 11.2. The second kappa shape index (κ2) is 6.01. The number of hydrogen-bond acceptors (Lipinski definition) is 6. The van der Waals surface area contributed by atoms with Crippen molar-refractivity contribution in [2.45, 2.75) is 13.0 Å². The molecule has 1 atom stereocenters. The number of anilines is 1. The molecule has 2 rings (SSSR count). The molecule has 1 aromatic heterocycles. The summed E-state index contributed by atoms with van der Waals surface area (Å²) in [7, 11) is 1.29. The molecular weight excluding hydrogens is 258 g/mol. The lowest BCUT2D eigenvalue weighted by molar-refractivity contribution is 0.0593. The Hall–Kier alpha value is -2.63. The van der Waals surface area contributed by atoms with Gasteiger partial charge >= 0.3 is 5.97 Å². The van der Waals surface area contributed by atoms with Crippen LogP contribution in [0.1, 0.15) is 29.0 Å². The standard InChI is InChI=1S/C14H15N3O3/c1-9(10-4-3-5-11(18)8-10)15-13-7-6-12(16-17-13)14(19)20-2/h3-9,18H,1-2H3,(H,15,17)/t9-/m0/s1. The van der Waals surface area contributed by atoms with Gasteiger partial charge in [0.05, 0.1) is 13.2 Å². The van der Waals surface area contributed by atoms with Gasteiger partial charge in [-0.2, -0.15) is 0 Å². The maximum Gasteiger partial charge on any atom is 0.358 e. The molecule has 0 aliphatic heterocycles. The van der Waals surface area contributed by atoms with E-state index in [0.717, 1.165) is 5.56 Å². The SMILES string of the molecule is COC(=O)c1ccc(N[C@@H](C)c2cccc(O)c2)nn1. The number of carbonyl (C=O) groups excluding carboxylic acids is 1. The molecule has 2 aromatic rings. The summed E-state index contributed by atoms with van der Waals surface area (Å²) in [6.07, 6.45) is 0. The molecule has 20 heavy (non-hydrogen) atoms. The molecule has 0 radical (unpaired) electrons. The third kappa shape index (κ3) is 3.23. The van der Waals surface area contributed by atoms with Crippen molar-refractivity contribution in [1.29, 1.82) is 0 Å². The Labute approximate surface area is 116 Å². The number of aromatic hydroxyl groups is 1. The fourth-order valence-corrected chi connectivity index (χ4v) is 1.72. The Kier molecular flexibility index (Phi) is 4.14. The molecule has 0 fully saturated rings. The van der Waals surface area contributed by atoms with E-state index in [9.17, 15) is 9.90 Å². The Bertz CT molecular complexity index is 599. The monoisotopic (exact) mass is 273 g/mol. The highest BCUT2D eigenvalue weighted by Crippen LogP contribution is 2.20. The average Bonchev–Trinajstić information content (AvgIpc) is 2.47. The summed E-state index contributed by atoms with van der Waals surface area (Å²) >= 11 is 0. The van der Waals surface area contributed by atoms with E-state index in [-0.39, 0.29) is 17.5 Å². The van der Waals surface area contributed by atoms with Crippen molar-refractivity contribution in [2.24, 2.45) is 0 Å². The van der Waals surface area contributed by atoms with Crippen LogP contribution in [0.4, 0.5) is 5.82 Å². The summed E-state index contributed by atoms with van der Waals surface area (Å²) in [6.45, 7) is 1.94. The van der Waals surface area contributed by atoms with E-state index in [1.54, 1.807) is 24.3 Å². The van der Waals surface area contributed by atoms with Gasteiger partial charge in [0.15, 0.2) is 5.69 Å². The normalized spacial score (nSPS) is 11.7.